The lowest BCUT2D eigenvalue weighted by molar-refractivity contribution is -0.385. The average molecular weight is 580 g/mol. The minimum atomic E-state index is -0.610. The lowest BCUT2D eigenvalue weighted by Crippen LogP contribution is -2.20. The second kappa shape index (κ2) is 11.2. The van der Waals surface area contributed by atoms with Gasteiger partial charge in [-0.1, -0.05) is 83.3 Å². The average Bonchev–Trinajstić information content (AvgIpc) is 2.93. The fourth-order valence-electron chi connectivity index (χ4n) is 3.87. The smallest absolute Gasteiger partial charge is 0.313 e. The van der Waals surface area contributed by atoms with Crippen molar-refractivity contribution >= 4 is 57.6 Å². The molecule has 0 bridgehead atoms. The van der Waals surface area contributed by atoms with Crippen molar-refractivity contribution in [2.75, 3.05) is 0 Å². The molecule has 0 amide bonds. The first-order valence-electron chi connectivity index (χ1n) is 11.5. The summed E-state index contributed by atoms with van der Waals surface area (Å²) >= 11 is 18.5. The third kappa shape index (κ3) is 5.63. The van der Waals surface area contributed by atoms with E-state index in [0.29, 0.717) is 37.9 Å². The Kier molecular flexibility index (Phi) is 7.60. The first kappa shape index (κ1) is 26.4. The first-order chi connectivity index (χ1) is 18.8. The number of para-hydroxylation sites is 1. The molecular formula is C28H17Cl3N4O4. The Morgan fingerprint density at radius 1 is 0.949 bits per heavy atom. The maximum atomic E-state index is 13.3. The van der Waals surface area contributed by atoms with Gasteiger partial charge in [-0.3, -0.25) is 14.9 Å². The molecule has 0 saturated carbocycles. The highest BCUT2D eigenvalue weighted by Gasteiger charge is 2.21. The number of nitrogens with zero attached hydrogens (tertiary/aromatic N) is 4. The molecule has 0 N–H and O–H groups in total. The number of hydrogen-bond acceptors (Lipinski definition) is 6. The Bertz CT molecular complexity index is 1810. The van der Waals surface area contributed by atoms with E-state index in [-0.39, 0.29) is 28.6 Å². The van der Waals surface area contributed by atoms with Crippen LogP contribution in [0, 0.1) is 10.1 Å². The molecule has 1 aromatic heterocycles. The third-order valence-electron chi connectivity index (χ3n) is 5.74. The van der Waals surface area contributed by atoms with E-state index in [0.717, 1.165) is 4.68 Å². The van der Waals surface area contributed by atoms with E-state index in [2.05, 4.69) is 10.1 Å². The Balaban J connectivity index is 1.54. The molecule has 0 aliphatic carbocycles. The van der Waals surface area contributed by atoms with Crippen LogP contribution in [0.5, 0.6) is 5.75 Å². The second-order valence-corrected chi connectivity index (χ2v) is 9.56. The maximum Gasteiger partial charge on any atom is 0.313 e. The molecule has 5 rings (SSSR count). The van der Waals surface area contributed by atoms with Gasteiger partial charge >= 0.3 is 5.69 Å². The molecule has 0 radical (unpaired) electrons. The van der Waals surface area contributed by atoms with Crippen LogP contribution in [0.4, 0.5) is 5.69 Å². The van der Waals surface area contributed by atoms with E-state index in [1.165, 1.54) is 18.3 Å². The summed E-state index contributed by atoms with van der Waals surface area (Å²) in [5, 5.41) is 17.4. The molecule has 39 heavy (non-hydrogen) atoms. The molecule has 4 aromatic carbocycles. The standard InChI is InChI=1S/C28H17Cl3N4O4/c29-20-11-10-19(22(30)14-20)16-39-26-23(31)12-17(13-25(26)35(37)38)15-32-34-27(18-6-2-1-3-7-18)33-24-9-5-4-8-21(24)28(34)36/h1-15H,16H2. The summed E-state index contributed by atoms with van der Waals surface area (Å²) in [5.41, 5.74) is 1.29. The van der Waals surface area contributed by atoms with Gasteiger partial charge in [-0.15, -0.1) is 0 Å². The van der Waals surface area contributed by atoms with E-state index in [4.69, 9.17) is 39.5 Å². The van der Waals surface area contributed by atoms with Crippen molar-refractivity contribution in [3.8, 4) is 17.1 Å². The summed E-state index contributed by atoms with van der Waals surface area (Å²) in [6.45, 7) is -0.0669. The molecular weight excluding hydrogens is 563 g/mol. The maximum absolute atomic E-state index is 13.3. The Hall–Kier alpha value is -4.24. The van der Waals surface area contributed by atoms with E-state index in [1.807, 2.05) is 30.3 Å². The number of halogens is 3. The summed E-state index contributed by atoms with van der Waals surface area (Å²) in [5.74, 6) is 0.190. The predicted molar refractivity (Wildman–Crippen MR) is 153 cm³/mol. The van der Waals surface area contributed by atoms with Crippen LogP contribution >= 0.6 is 34.8 Å². The fourth-order valence-corrected chi connectivity index (χ4v) is 4.61. The van der Waals surface area contributed by atoms with E-state index in [9.17, 15) is 14.9 Å². The molecule has 0 saturated heterocycles. The minimum absolute atomic E-state index is 0.0111. The van der Waals surface area contributed by atoms with Crippen molar-refractivity contribution in [1.82, 2.24) is 9.66 Å². The van der Waals surface area contributed by atoms with E-state index >= 15 is 0 Å². The molecule has 0 unspecified atom stereocenters. The number of nitro groups is 1. The molecule has 1 heterocycles. The fraction of sp³-hybridized carbons (Fsp3) is 0.0357. The van der Waals surface area contributed by atoms with Crippen molar-refractivity contribution in [2.45, 2.75) is 6.61 Å². The Morgan fingerprint density at radius 3 is 2.44 bits per heavy atom. The summed E-state index contributed by atoms with van der Waals surface area (Å²) < 4.78 is 6.84. The van der Waals surface area contributed by atoms with Crippen molar-refractivity contribution in [2.24, 2.45) is 5.10 Å². The first-order valence-corrected chi connectivity index (χ1v) is 12.6. The normalized spacial score (nSPS) is 11.3. The van der Waals surface area contributed by atoms with Crippen molar-refractivity contribution < 1.29 is 9.66 Å². The van der Waals surface area contributed by atoms with Gasteiger partial charge in [0.25, 0.3) is 5.56 Å². The van der Waals surface area contributed by atoms with Gasteiger partial charge in [0.1, 0.15) is 6.61 Å². The predicted octanol–water partition coefficient (Wildman–Crippen LogP) is 7.39. The molecule has 5 aromatic rings. The number of nitro benzene ring substituents is 1. The second-order valence-electron chi connectivity index (χ2n) is 8.31. The van der Waals surface area contributed by atoms with E-state index < -0.39 is 10.5 Å². The van der Waals surface area contributed by atoms with Crippen LogP contribution in [0.15, 0.2) is 94.8 Å². The van der Waals surface area contributed by atoms with Gasteiger partial charge in [0.15, 0.2) is 5.82 Å². The zero-order valence-electron chi connectivity index (χ0n) is 19.9. The van der Waals surface area contributed by atoms with Gasteiger partial charge in [-0.05, 0) is 30.3 Å². The molecule has 0 atom stereocenters. The third-order valence-corrected chi connectivity index (χ3v) is 6.61. The van der Waals surface area contributed by atoms with Crippen molar-refractivity contribution in [1.29, 1.82) is 0 Å². The highest BCUT2D eigenvalue weighted by molar-refractivity contribution is 6.35. The molecule has 0 fully saturated rings. The van der Waals surface area contributed by atoms with Crippen LogP contribution < -0.4 is 10.3 Å². The van der Waals surface area contributed by atoms with Crippen molar-refractivity contribution in [3.05, 3.63) is 132 Å². The van der Waals surface area contributed by atoms with Crippen LogP contribution in [-0.2, 0) is 6.61 Å². The summed E-state index contributed by atoms with van der Waals surface area (Å²) in [4.78, 5) is 29.2. The number of benzene rings is 4. The zero-order valence-corrected chi connectivity index (χ0v) is 22.2. The minimum Gasteiger partial charge on any atom is -0.481 e. The summed E-state index contributed by atoms with van der Waals surface area (Å²) in [6, 6.07) is 23.6. The van der Waals surface area contributed by atoms with Gasteiger partial charge in [-0.2, -0.15) is 9.78 Å². The summed E-state index contributed by atoms with van der Waals surface area (Å²) in [6.07, 6.45) is 1.31. The lowest BCUT2D eigenvalue weighted by Gasteiger charge is -2.11. The Morgan fingerprint density at radius 2 is 1.69 bits per heavy atom. The van der Waals surface area contributed by atoms with Crippen LogP contribution in [0.1, 0.15) is 11.1 Å². The topological polar surface area (TPSA) is 99.6 Å². The van der Waals surface area contributed by atoms with Crippen molar-refractivity contribution in [3.63, 3.8) is 0 Å². The quantitative estimate of drug-likeness (QED) is 0.114. The monoisotopic (exact) mass is 578 g/mol. The summed E-state index contributed by atoms with van der Waals surface area (Å²) in [7, 11) is 0. The SMILES string of the molecule is O=c1c2ccccc2nc(-c2ccccc2)n1N=Cc1cc(Cl)c(OCc2ccc(Cl)cc2Cl)c([N+](=O)[O-])c1. The van der Waals surface area contributed by atoms with Crippen LogP contribution in [-0.4, -0.2) is 20.8 Å². The Labute approximate surface area is 236 Å². The largest absolute Gasteiger partial charge is 0.481 e. The van der Waals surface area contributed by atoms with Gasteiger partial charge in [0.05, 0.1) is 27.1 Å². The number of aromatic nitrogens is 2. The van der Waals surface area contributed by atoms with Gasteiger partial charge in [0.2, 0.25) is 5.75 Å². The molecule has 8 nitrogen and oxygen atoms in total. The number of ether oxygens (including phenoxy) is 1. The van der Waals surface area contributed by atoms with Gasteiger partial charge < -0.3 is 4.74 Å². The highest BCUT2D eigenvalue weighted by Crippen LogP contribution is 2.37. The molecule has 0 spiro atoms. The van der Waals surface area contributed by atoms with Gasteiger partial charge in [-0.25, -0.2) is 4.98 Å². The van der Waals surface area contributed by atoms with Crippen LogP contribution in [0.25, 0.3) is 22.3 Å². The molecule has 0 aliphatic rings. The van der Waals surface area contributed by atoms with Crippen LogP contribution in [0.2, 0.25) is 15.1 Å². The number of fused-ring (bicyclic) bond motifs is 1. The number of hydrogen-bond donors (Lipinski definition) is 0. The molecule has 0 aliphatic heterocycles. The van der Waals surface area contributed by atoms with Crippen LogP contribution in [0.3, 0.4) is 0 Å². The van der Waals surface area contributed by atoms with E-state index in [1.54, 1.807) is 42.5 Å². The highest BCUT2D eigenvalue weighted by atomic mass is 35.5. The number of rotatable bonds is 7. The van der Waals surface area contributed by atoms with Gasteiger partial charge in [0, 0.05) is 32.8 Å². The lowest BCUT2D eigenvalue weighted by atomic mass is 10.2. The molecule has 11 heteroatoms. The zero-order chi connectivity index (χ0) is 27.5. The molecule has 194 valence electrons.